The number of ether oxygens (including phenoxy) is 4. The molecule has 5 rings (SSSR count). The molecule has 0 aliphatic carbocycles. The largest absolute Gasteiger partial charge is 0.486 e. The van der Waals surface area contributed by atoms with Gasteiger partial charge in [0.05, 0.1) is 18.0 Å². The molecule has 0 spiro atoms. The van der Waals surface area contributed by atoms with Gasteiger partial charge >= 0.3 is 6.09 Å². The van der Waals surface area contributed by atoms with E-state index >= 15 is 0 Å². The number of nitrogens with one attached hydrogen (secondary N) is 1. The van der Waals surface area contributed by atoms with Crippen LogP contribution < -0.4 is 19.5 Å². The zero-order chi connectivity index (χ0) is 28.2. The second-order valence-electron chi connectivity index (χ2n) is 9.32. The second kappa shape index (κ2) is 11.6. The number of fused-ring (bicyclic) bond motifs is 1. The minimum Gasteiger partial charge on any atom is -0.486 e. The Morgan fingerprint density at radius 3 is 2.58 bits per heavy atom. The van der Waals surface area contributed by atoms with Crippen molar-refractivity contribution in [3.63, 3.8) is 0 Å². The predicted molar refractivity (Wildman–Crippen MR) is 140 cm³/mol. The monoisotopic (exact) mass is 553 g/mol. The van der Waals surface area contributed by atoms with E-state index in [1.54, 1.807) is 67.1 Å². The number of amides is 3. The van der Waals surface area contributed by atoms with E-state index in [9.17, 15) is 14.4 Å². The van der Waals surface area contributed by atoms with Crippen molar-refractivity contribution in [2.75, 3.05) is 44.9 Å². The topological polar surface area (TPSA) is 138 Å². The van der Waals surface area contributed by atoms with E-state index in [0.717, 1.165) is 0 Å². The Bertz CT molecular complexity index is 1390. The zero-order valence-electron chi connectivity index (χ0n) is 22.5. The molecule has 0 radical (unpaired) electrons. The molecule has 2 aliphatic rings. The van der Waals surface area contributed by atoms with Crippen LogP contribution in [0, 0.1) is 6.92 Å². The first-order valence-corrected chi connectivity index (χ1v) is 13.0. The molecular weight excluding hydrogens is 522 g/mol. The third kappa shape index (κ3) is 5.82. The van der Waals surface area contributed by atoms with Crippen LogP contribution in [0.5, 0.6) is 17.2 Å². The van der Waals surface area contributed by atoms with Crippen molar-refractivity contribution in [3.8, 4) is 17.2 Å². The SMILES string of the molecule is CCOC(=O)N1CCN(C(=O)C(C)n2cc(NC(=O)c3ccc(COc4ccc5c(c4)OCO5)o3)c(C)n2)CC1. The molecule has 1 N–H and O–H groups in total. The molecule has 1 fully saturated rings. The molecule has 4 heterocycles. The maximum absolute atomic E-state index is 13.1. The Balaban J connectivity index is 1.14. The molecule has 3 aromatic rings. The lowest BCUT2D eigenvalue weighted by Gasteiger charge is -2.35. The van der Waals surface area contributed by atoms with E-state index < -0.39 is 11.9 Å². The highest BCUT2D eigenvalue weighted by Crippen LogP contribution is 2.35. The molecule has 0 bridgehead atoms. The number of benzene rings is 1. The van der Waals surface area contributed by atoms with Crippen LogP contribution in [-0.4, -0.2) is 77.1 Å². The van der Waals surface area contributed by atoms with Gasteiger partial charge in [-0.3, -0.25) is 14.3 Å². The lowest BCUT2D eigenvalue weighted by Crippen LogP contribution is -2.52. The minimum atomic E-state index is -0.595. The van der Waals surface area contributed by atoms with Crippen LogP contribution >= 0.6 is 0 Å². The number of carbonyl (C=O) groups is 3. The number of anilines is 1. The van der Waals surface area contributed by atoms with Gasteiger partial charge in [0.2, 0.25) is 12.7 Å². The van der Waals surface area contributed by atoms with Gasteiger partial charge in [0.25, 0.3) is 5.91 Å². The van der Waals surface area contributed by atoms with Crippen molar-refractivity contribution in [2.45, 2.75) is 33.4 Å². The van der Waals surface area contributed by atoms with E-state index in [1.807, 2.05) is 0 Å². The van der Waals surface area contributed by atoms with E-state index in [1.165, 1.54) is 4.68 Å². The molecule has 2 aromatic heterocycles. The van der Waals surface area contributed by atoms with Gasteiger partial charge in [-0.15, -0.1) is 0 Å². The van der Waals surface area contributed by atoms with E-state index in [4.69, 9.17) is 23.4 Å². The van der Waals surface area contributed by atoms with E-state index in [2.05, 4.69) is 10.4 Å². The molecule has 0 saturated carbocycles. The third-order valence-electron chi connectivity index (χ3n) is 6.65. The summed E-state index contributed by atoms with van der Waals surface area (Å²) in [6.07, 6.45) is 1.25. The number of hydrogen-bond acceptors (Lipinski definition) is 9. The normalized spacial score (nSPS) is 15.1. The van der Waals surface area contributed by atoms with E-state index in [0.29, 0.717) is 67.2 Å². The van der Waals surface area contributed by atoms with Gasteiger partial charge in [0, 0.05) is 38.4 Å². The fourth-order valence-corrected chi connectivity index (χ4v) is 4.39. The summed E-state index contributed by atoms with van der Waals surface area (Å²) in [4.78, 5) is 41.1. The number of carbonyl (C=O) groups excluding carboxylic acids is 3. The number of hydrogen-bond donors (Lipinski definition) is 1. The summed E-state index contributed by atoms with van der Waals surface area (Å²) < 4.78 is 28.6. The van der Waals surface area contributed by atoms with Gasteiger partial charge in [0.15, 0.2) is 17.3 Å². The quantitative estimate of drug-likeness (QED) is 0.446. The Morgan fingerprint density at radius 1 is 1.05 bits per heavy atom. The molecule has 1 unspecified atom stereocenters. The summed E-state index contributed by atoms with van der Waals surface area (Å²) >= 11 is 0. The van der Waals surface area contributed by atoms with Crippen molar-refractivity contribution in [1.29, 1.82) is 0 Å². The first-order valence-electron chi connectivity index (χ1n) is 13.0. The van der Waals surface area contributed by atoms with Crippen LogP contribution in [0.1, 0.15) is 41.9 Å². The number of furan rings is 1. The molecular formula is C27H31N5O8. The first kappa shape index (κ1) is 26.9. The summed E-state index contributed by atoms with van der Waals surface area (Å²) in [6, 6.07) is 7.90. The van der Waals surface area contributed by atoms with Crippen LogP contribution in [0.15, 0.2) is 40.9 Å². The van der Waals surface area contributed by atoms with Crippen LogP contribution in [-0.2, 0) is 16.1 Å². The lowest BCUT2D eigenvalue weighted by atomic mass is 10.2. The highest BCUT2D eigenvalue weighted by molar-refractivity contribution is 6.02. The fourth-order valence-electron chi connectivity index (χ4n) is 4.39. The maximum Gasteiger partial charge on any atom is 0.409 e. The molecule has 1 saturated heterocycles. The molecule has 40 heavy (non-hydrogen) atoms. The average Bonchev–Trinajstić information content (AvgIpc) is 3.71. The number of nitrogens with zero attached hydrogens (tertiary/aromatic N) is 4. The van der Waals surface area contributed by atoms with Crippen LogP contribution in [0.3, 0.4) is 0 Å². The zero-order valence-corrected chi connectivity index (χ0v) is 22.5. The van der Waals surface area contributed by atoms with Gasteiger partial charge < -0.3 is 38.5 Å². The highest BCUT2D eigenvalue weighted by atomic mass is 16.7. The fraction of sp³-hybridized carbons (Fsp3) is 0.407. The number of rotatable bonds is 8. The van der Waals surface area contributed by atoms with Gasteiger partial charge in [-0.25, -0.2) is 4.79 Å². The maximum atomic E-state index is 13.1. The highest BCUT2D eigenvalue weighted by Gasteiger charge is 2.29. The summed E-state index contributed by atoms with van der Waals surface area (Å²) in [5.74, 6) is 1.86. The Kier molecular flexibility index (Phi) is 7.80. The minimum absolute atomic E-state index is 0.111. The van der Waals surface area contributed by atoms with Crippen molar-refractivity contribution < 1.29 is 37.7 Å². The van der Waals surface area contributed by atoms with Crippen LogP contribution in [0.4, 0.5) is 10.5 Å². The molecule has 1 aromatic carbocycles. The molecule has 2 aliphatic heterocycles. The second-order valence-corrected chi connectivity index (χ2v) is 9.32. The molecule has 1 atom stereocenters. The van der Waals surface area contributed by atoms with Gasteiger partial charge in [-0.1, -0.05) is 0 Å². The molecule has 13 nitrogen and oxygen atoms in total. The number of piperazine rings is 1. The van der Waals surface area contributed by atoms with Gasteiger partial charge in [0.1, 0.15) is 24.2 Å². The Labute approximate surface area is 230 Å². The van der Waals surface area contributed by atoms with Crippen molar-refractivity contribution in [3.05, 3.63) is 53.7 Å². The summed E-state index contributed by atoms with van der Waals surface area (Å²) in [5.41, 5.74) is 1.02. The van der Waals surface area contributed by atoms with Crippen LogP contribution in [0.2, 0.25) is 0 Å². The predicted octanol–water partition coefficient (Wildman–Crippen LogP) is 3.21. The van der Waals surface area contributed by atoms with E-state index in [-0.39, 0.29) is 31.2 Å². The Hall–Kier alpha value is -4.68. The summed E-state index contributed by atoms with van der Waals surface area (Å²) in [7, 11) is 0. The first-order chi connectivity index (χ1) is 19.3. The molecule has 13 heteroatoms. The third-order valence-corrected chi connectivity index (χ3v) is 6.65. The molecule has 3 amide bonds. The standard InChI is InChI=1S/C27H31N5O8/c1-4-36-27(35)31-11-9-30(10-12-31)26(34)18(3)32-14-21(17(2)29-32)28-25(33)23-8-6-20(40-23)15-37-19-5-7-22-24(13-19)39-16-38-22/h5-8,13-14,18H,4,9-12,15-16H2,1-3H3,(H,28,33). The lowest BCUT2D eigenvalue weighted by molar-refractivity contribution is -0.136. The summed E-state index contributed by atoms with van der Waals surface area (Å²) in [5, 5.41) is 7.23. The molecule has 212 valence electrons. The van der Waals surface area contributed by atoms with Crippen molar-refractivity contribution >= 4 is 23.6 Å². The number of aryl methyl sites for hydroxylation is 1. The average molecular weight is 554 g/mol. The summed E-state index contributed by atoms with van der Waals surface area (Å²) in [6.45, 7) is 7.49. The Morgan fingerprint density at radius 2 is 1.80 bits per heavy atom. The number of aromatic nitrogens is 2. The van der Waals surface area contributed by atoms with Gasteiger partial charge in [-0.2, -0.15) is 5.10 Å². The van der Waals surface area contributed by atoms with Crippen LogP contribution in [0.25, 0.3) is 0 Å². The van der Waals surface area contributed by atoms with Crippen molar-refractivity contribution in [2.24, 2.45) is 0 Å². The van der Waals surface area contributed by atoms with Gasteiger partial charge in [-0.05, 0) is 45.0 Å². The van der Waals surface area contributed by atoms with Crippen molar-refractivity contribution in [1.82, 2.24) is 19.6 Å². The smallest absolute Gasteiger partial charge is 0.409 e.